The number of likely N-dealkylation sites (tertiary alicyclic amines) is 1. The van der Waals surface area contributed by atoms with Crippen molar-refractivity contribution in [1.82, 2.24) is 20.2 Å². The van der Waals surface area contributed by atoms with Crippen molar-refractivity contribution in [3.63, 3.8) is 0 Å². The SMILES string of the molecule is CSc1ncc(C(=O)O)c(N2CCN[C@H](C(=O)N3CCCC3)C2)n1. The largest absolute Gasteiger partial charge is 0.477 e. The smallest absolute Gasteiger partial charge is 0.341 e. The van der Waals surface area contributed by atoms with Crippen LogP contribution >= 0.6 is 11.8 Å². The Labute approximate surface area is 144 Å². The third-order valence-corrected chi connectivity index (χ3v) is 4.91. The molecule has 9 heteroatoms. The van der Waals surface area contributed by atoms with Gasteiger partial charge in [0.05, 0.1) is 0 Å². The summed E-state index contributed by atoms with van der Waals surface area (Å²) in [6, 6.07) is -0.328. The number of amides is 1. The number of carboxylic acid groups (broad SMARTS) is 1. The molecule has 0 saturated carbocycles. The lowest BCUT2D eigenvalue weighted by Crippen LogP contribution is -2.58. The van der Waals surface area contributed by atoms with E-state index in [1.54, 1.807) is 0 Å². The van der Waals surface area contributed by atoms with Crippen molar-refractivity contribution in [2.45, 2.75) is 24.0 Å². The van der Waals surface area contributed by atoms with Gasteiger partial charge >= 0.3 is 5.97 Å². The van der Waals surface area contributed by atoms with Crippen molar-refractivity contribution < 1.29 is 14.7 Å². The zero-order valence-corrected chi connectivity index (χ0v) is 14.4. The minimum atomic E-state index is -1.06. The first-order chi connectivity index (χ1) is 11.6. The summed E-state index contributed by atoms with van der Waals surface area (Å²) in [6.07, 6.45) is 5.29. The lowest BCUT2D eigenvalue weighted by Gasteiger charge is -2.35. The van der Waals surface area contributed by atoms with Gasteiger partial charge < -0.3 is 20.2 Å². The monoisotopic (exact) mass is 351 g/mol. The highest BCUT2D eigenvalue weighted by Crippen LogP contribution is 2.22. The standard InChI is InChI=1S/C15H21N5O3S/c1-24-15-17-8-10(14(22)23)12(18-15)20-7-4-16-11(9-20)13(21)19-5-2-3-6-19/h8,11,16H,2-7,9H2,1H3,(H,22,23)/t11-/m0/s1. The number of nitrogens with one attached hydrogen (secondary N) is 1. The Morgan fingerprint density at radius 1 is 1.33 bits per heavy atom. The molecule has 2 saturated heterocycles. The Morgan fingerprint density at radius 3 is 2.75 bits per heavy atom. The molecular formula is C15H21N5O3S. The van der Waals surface area contributed by atoms with Crippen LogP contribution in [0.3, 0.4) is 0 Å². The van der Waals surface area contributed by atoms with E-state index in [-0.39, 0.29) is 17.5 Å². The molecule has 2 N–H and O–H groups in total. The molecule has 0 unspecified atom stereocenters. The van der Waals surface area contributed by atoms with Gasteiger partial charge in [-0.15, -0.1) is 0 Å². The number of thioether (sulfide) groups is 1. The zero-order chi connectivity index (χ0) is 17.1. The molecule has 3 rings (SSSR count). The number of carbonyl (C=O) groups is 2. The average Bonchev–Trinajstić information content (AvgIpc) is 3.15. The quantitative estimate of drug-likeness (QED) is 0.590. The van der Waals surface area contributed by atoms with Crippen molar-refractivity contribution in [2.24, 2.45) is 0 Å². The summed E-state index contributed by atoms with van der Waals surface area (Å²) in [4.78, 5) is 36.3. The van der Waals surface area contributed by atoms with Crippen LogP contribution in [0.2, 0.25) is 0 Å². The zero-order valence-electron chi connectivity index (χ0n) is 13.6. The normalized spacial score (nSPS) is 21.1. The Balaban J connectivity index is 1.81. The van der Waals surface area contributed by atoms with Gasteiger partial charge in [-0.3, -0.25) is 4.79 Å². The fraction of sp³-hybridized carbons (Fsp3) is 0.600. The summed E-state index contributed by atoms with van der Waals surface area (Å²) in [7, 11) is 0. The minimum absolute atomic E-state index is 0.0714. The molecule has 1 atom stereocenters. The summed E-state index contributed by atoms with van der Waals surface area (Å²) in [6.45, 7) is 3.25. The van der Waals surface area contributed by atoms with Gasteiger partial charge in [-0.25, -0.2) is 14.8 Å². The van der Waals surface area contributed by atoms with Crippen LogP contribution in [0, 0.1) is 0 Å². The Kier molecular flexibility index (Phi) is 5.20. The number of hydrogen-bond acceptors (Lipinski definition) is 7. The van der Waals surface area contributed by atoms with Crippen LogP contribution < -0.4 is 10.2 Å². The van der Waals surface area contributed by atoms with E-state index in [4.69, 9.17) is 0 Å². The maximum absolute atomic E-state index is 12.6. The second kappa shape index (κ2) is 7.35. The second-order valence-corrected chi connectivity index (χ2v) is 6.66. The van der Waals surface area contributed by atoms with Crippen LogP contribution in [-0.4, -0.2) is 76.9 Å². The van der Waals surface area contributed by atoms with Crippen LogP contribution in [0.15, 0.2) is 11.4 Å². The summed E-state index contributed by atoms with van der Waals surface area (Å²) in [5.74, 6) is -0.575. The van der Waals surface area contributed by atoms with Gasteiger partial charge in [0.15, 0.2) is 5.16 Å². The van der Waals surface area contributed by atoms with Gasteiger partial charge in [-0.05, 0) is 19.1 Å². The maximum Gasteiger partial charge on any atom is 0.341 e. The average molecular weight is 351 g/mol. The maximum atomic E-state index is 12.6. The predicted octanol–water partition coefficient (Wildman–Crippen LogP) is 0.297. The molecule has 130 valence electrons. The van der Waals surface area contributed by atoms with E-state index in [9.17, 15) is 14.7 Å². The fourth-order valence-electron chi connectivity index (χ4n) is 3.11. The molecular weight excluding hydrogens is 330 g/mol. The van der Waals surface area contributed by atoms with Gasteiger partial charge in [-0.2, -0.15) is 0 Å². The van der Waals surface area contributed by atoms with E-state index < -0.39 is 5.97 Å². The highest BCUT2D eigenvalue weighted by atomic mass is 32.2. The second-order valence-electron chi connectivity index (χ2n) is 5.88. The van der Waals surface area contributed by atoms with Crippen LogP contribution in [0.25, 0.3) is 0 Å². The summed E-state index contributed by atoms with van der Waals surface area (Å²) in [5.41, 5.74) is 0.0714. The predicted molar refractivity (Wildman–Crippen MR) is 90.6 cm³/mol. The molecule has 2 fully saturated rings. The van der Waals surface area contributed by atoms with Crippen molar-refractivity contribution in [1.29, 1.82) is 0 Å². The van der Waals surface area contributed by atoms with Gasteiger partial charge in [0.25, 0.3) is 0 Å². The lowest BCUT2D eigenvalue weighted by atomic mass is 10.1. The molecule has 3 heterocycles. The first-order valence-electron chi connectivity index (χ1n) is 8.01. The molecule has 0 radical (unpaired) electrons. The molecule has 0 spiro atoms. The highest BCUT2D eigenvalue weighted by Gasteiger charge is 2.32. The Hall–Kier alpha value is -1.87. The number of hydrogen-bond donors (Lipinski definition) is 2. The number of aromatic carboxylic acids is 1. The summed E-state index contributed by atoms with van der Waals surface area (Å²) in [5, 5.41) is 13.2. The van der Waals surface area contributed by atoms with Crippen molar-refractivity contribution in [3.8, 4) is 0 Å². The van der Waals surface area contributed by atoms with Crippen LogP contribution in [-0.2, 0) is 4.79 Å². The molecule has 2 aliphatic rings. The van der Waals surface area contributed by atoms with E-state index in [1.165, 1.54) is 18.0 Å². The molecule has 1 amide bonds. The topological polar surface area (TPSA) is 98.7 Å². The molecule has 1 aromatic rings. The van der Waals surface area contributed by atoms with Crippen molar-refractivity contribution >= 4 is 29.5 Å². The van der Waals surface area contributed by atoms with E-state index in [0.717, 1.165) is 25.9 Å². The fourth-order valence-corrected chi connectivity index (χ4v) is 3.45. The Morgan fingerprint density at radius 2 is 2.08 bits per heavy atom. The first-order valence-corrected chi connectivity index (χ1v) is 9.24. The lowest BCUT2D eigenvalue weighted by molar-refractivity contribution is -0.132. The first kappa shape index (κ1) is 17.0. The van der Waals surface area contributed by atoms with Crippen molar-refractivity contribution in [3.05, 3.63) is 11.8 Å². The minimum Gasteiger partial charge on any atom is -0.477 e. The van der Waals surface area contributed by atoms with Gasteiger partial charge in [-0.1, -0.05) is 11.8 Å². The summed E-state index contributed by atoms with van der Waals surface area (Å²) >= 11 is 1.36. The molecule has 0 aliphatic carbocycles. The Bertz CT molecular complexity index is 636. The van der Waals surface area contributed by atoms with Crippen LogP contribution in [0.4, 0.5) is 5.82 Å². The molecule has 24 heavy (non-hydrogen) atoms. The van der Waals surface area contributed by atoms with E-state index >= 15 is 0 Å². The van der Waals surface area contributed by atoms with Crippen LogP contribution in [0.1, 0.15) is 23.2 Å². The van der Waals surface area contributed by atoms with E-state index in [1.807, 2.05) is 16.1 Å². The molecule has 0 aromatic carbocycles. The van der Waals surface area contributed by atoms with Crippen molar-refractivity contribution in [2.75, 3.05) is 43.9 Å². The molecule has 8 nitrogen and oxygen atoms in total. The number of carbonyl (C=O) groups excluding carboxylic acids is 1. The number of nitrogens with zero attached hydrogens (tertiary/aromatic N) is 4. The molecule has 1 aromatic heterocycles. The number of aromatic nitrogens is 2. The number of carboxylic acids is 1. The molecule has 2 aliphatic heterocycles. The third kappa shape index (κ3) is 3.46. The van der Waals surface area contributed by atoms with E-state index in [2.05, 4.69) is 15.3 Å². The van der Waals surface area contributed by atoms with Gasteiger partial charge in [0.1, 0.15) is 17.4 Å². The number of anilines is 1. The summed E-state index contributed by atoms with van der Waals surface area (Å²) < 4.78 is 0. The van der Waals surface area contributed by atoms with E-state index in [0.29, 0.717) is 30.6 Å². The number of piperazine rings is 1. The molecule has 0 bridgehead atoms. The van der Waals surface area contributed by atoms with Crippen LogP contribution in [0.5, 0.6) is 0 Å². The van der Waals surface area contributed by atoms with Gasteiger partial charge in [0, 0.05) is 38.9 Å². The highest BCUT2D eigenvalue weighted by molar-refractivity contribution is 7.98. The number of rotatable bonds is 4. The van der Waals surface area contributed by atoms with Gasteiger partial charge in [0.2, 0.25) is 5.91 Å². The third-order valence-electron chi connectivity index (χ3n) is 4.35.